The zero-order valence-electron chi connectivity index (χ0n) is 11.1. The van der Waals surface area contributed by atoms with E-state index in [2.05, 4.69) is 40.7 Å². The van der Waals surface area contributed by atoms with Crippen molar-refractivity contribution in [3.05, 3.63) is 11.9 Å². The van der Waals surface area contributed by atoms with E-state index in [0.29, 0.717) is 6.04 Å². The molecule has 2 N–H and O–H groups in total. The molecule has 0 saturated carbocycles. The molecule has 1 aromatic heterocycles. The van der Waals surface area contributed by atoms with Crippen molar-refractivity contribution in [1.29, 1.82) is 0 Å². The minimum atomic E-state index is 0.436. The van der Waals surface area contributed by atoms with Gasteiger partial charge in [0.2, 0.25) is 0 Å². The zero-order valence-corrected chi connectivity index (χ0v) is 11.9. The number of hydrogen-bond donors (Lipinski definition) is 2. The van der Waals surface area contributed by atoms with Crippen LogP contribution in [0.3, 0.4) is 0 Å². The Labute approximate surface area is 108 Å². The van der Waals surface area contributed by atoms with Crippen LogP contribution in [0.25, 0.3) is 0 Å². The van der Waals surface area contributed by atoms with Gasteiger partial charge in [-0.2, -0.15) is 11.8 Å². The van der Waals surface area contributed by atoms with Gasteiger partial charge in [-0.15, -0.1) is 0 Å². The third kappa shape index (κ3) is 4.42. The standard InChI is InChI=1S/C12H22N4S/c1-5-13-11-10(3)12(15-8-14-11)16-9(2)6-7-17-4/h8-9H,5-7H2,1-4H3,(H2,13,14,15,16). The summed E-state index contributed by atoms with van der Waals surface area (Å²) in [6.45, 7) is 7.17. The van der Waals surface area contributed by atoms with E-state index in [4.69, 9.17) is 0 Å². The Morgan fingerprint density at radius 3 is 2.71 bits per heavy atom. The summed E-state index contributed by atoms with van der Waals surface area (Å²) >= 11 is 1.87. The van der Waals surface area contributed by atoms with Crippen molar-refractivity contribution < 1.29 is 0 Å². The van der Waals surface area contributed by atoms with Crippen LogP contribution in [0.2, 0.25) is 0 Å². The summed E-state index contributed by atoms with van der Waals surface area (Å²) in [5.74, 6) is 3.02. The van der Waals surface area contributed by atoms with E-state index in [0.717, 1.165) is 30.2 Å². The van der Waals surface area contributed by atoms with E-state index >= 15 is 0 Å². The highest BCUT2D eigenvalue weighted by atomic mass is 32.2. The number of hydrogen-bond acceptors (Lipinski definition) is 5. The number of aromatic nitrogens is 2. The summed E-state index contributed by atoms with van der Waals surface area (Å²) in [6, 6.07) is 0.436. The molecule has 0 aliphatic rings. The van der Waals surface area contributed by atoms with E-state index in [1.54, 1.807) is 6.33 Å². The highest BCUT2D eigenvalue weighted by Crippen LogP contribution is 2.19. The summed E-state index contributed by atoms with van der Waals surface area (Å²) in [7, 11) is 0. The van der Waals surface area contributed by atoms with Crippen molar-refractivity contribution in [2.75, 3.05) is 29.2 Å². The molecule has 1 heterocycles. The molecular weight excluding hydrogens is 232 g/mol. The van der Waals surface area contributed by atoms with Crippen LogP contribution >= 0.6 is 11.8 Å². The van der Waals surface area contributed by atoms with Crippen LogP contribution in [0.5, 0.6) is 0 Å². The van der Waals surface area contributed by atoms with Gasteiger partial charge in [0.15, 0.2) is 0 Å². The van der Waals surface area contributed by atoms with Crippen molar-refractivity contribution >= 4 is 23.4 Å². The molecule has 0 bridgehead atoms. The SMILES string of the molecule is CCNc1ncnc(NC(C)CCSC)c1C. The molecule has 4 nitrogen and oxygen atoms in total. The molecular formula is C12H22N4S. The lowest BCUT2D eigenvalue weighted by atomic mass is 10.2. The normalized spacial score (nSPS) is 12.2. The Hall–Kier alpha value is -0.970. The van der Waals surface area contributed by atoms with E-state index in [1.165, 1.54) is 5.75 Å². The molecule has 17 heavy (non-hydrogen) atoms. The van der Waals surface area contributed by atoms with Crippen LogP contribution < -0.4 is 10.6 Å². The van der Waals surface area contributed by atoms with E-state index < -0.39 is 0 Å². The van der Waals surface area contributed by atoms with Gasteiger partial charge in [0.1, 0.15) is 18.0 Å². The molecule has 1 unspecified atom stereocenters. The fourth-order valence-corrected chi connectivity index (χ4v) is 2.13. The third-order valence-electron chi connectivity index (χ3n) is 2.57. The van der Waals surface area contributed by atoms with Gasteiger partial charge in [0.25, 0.3) is 0 Å². The second-order valence-electron chi connectivity index (χ2n) is 4.05. The Morgan fingerprint density at radius 1 is 1.35 bits per heavy atom. The molecule has 1 rings (SSSR count). The lowest BCUT2D eigenvalue weighted by Crippen LogP contribution is -2.18. The second kappa shape index (κ2) is 7.37. The lowest BCUT2D eigenvalue weighted by Gasteiger charge is -2.16. The second-order valence-corrected chi connectivity index (χ2v) is 5.04. The molecule has 0 radical (unpaired) electrons. The molecule has 0 fully saturated rings. The first-order valence-electron chi connectivity index (χ1n) is 6.00. The predicted octanol–water partition coefficient (Wildman–Crippen LogP) is 2.77. The van der Waals surface area contributed by atoms with Crippen LogP contribution in [0.1, 0.15) is 25.8 Å². The van der Waals surface area contributed by atoms with Gasteiger partial charge in [-0.05, 0) is 39.2 Å². The van der Waals surface area contributed by atoms with Crippen molar-refractivity contribution in [3.63, 3.8) is 0 Å². The number of anilines is 2. The molecule has 0 aliphatic heterocycles. The fraction of sp³-hybridized carbons (Fsp3) is 0.667. The average molecular weight is 254 g/mol. The van der Waals surface area contributed by atoms with Crippen molar-refractivity contribution in [1.82, 2.24) is 9.97 Å². The predicted molar refractivity (Wildman–Crippen MR) is 77.0 cm³/mol. The topological polar surface area (TPSA) is 49.8 Å². The van der Waals surface area contributed by atoms with E-state index in [9.17, 15) is 0 Å². The maximum absolute atomic E-state index is 4.30. The molecule has 5 heteroatoms. The smallest absolute Gasteiger partial charge is 0.134 e. The van der Waals surface area contributed by atoms with Crippen LogP contribution in [-0.4, -0.2) is 34.6 Å². The first-order chi connectivity index (χ1) is 8.19. The van der Waals surface area contributed by atoms with Gasteiger partial charge >= 0.3 is 0 Å². The number of nitrogens with one attached hydrogen (secondary N) is 2. The van der Waals surface area contributed by atoms with Gasteiger partial charge in [-0.3, -0.25) is 0 Å². The maximum atomic E-state index is 4.30. The molecule has 0 saturated heterocycles. The van der Waals surface area contributed by atoms with E-state index in [-0.39, 0.29) is 0 Å². The molecule has 0 aliphatic carbocycles. The van der Waals surface area contributed by atoms with Gasteiger partial charge in [-0.1, -0.05) is 0 Å². The Balaban J connectivity index is 2.67. The average Bonchev–Trinajstić information content (AvgIpc) is 2.32. The minimum Gasteiger partial charge on any atom is -0.370 e. The highest BCUT2D eigenvalue weighted by molar-refractivity contribution is 7.98. The first-order valence-corrected chi connectivity index (χ1v) is 7.39. The summed E-state index contributed by atoms with van der Waals surface area (Å²) in [5.41, 5.74) is 1.09. The van der Waals surface area contributed by atoms with Gasteiger partial charge in [-0.25, -0.2) is 9.97 Å². The molecule has 0 spiro atoms. The maximum Gasteiger partial charge on any atom is 0.134 e. The van der Waals surface area contributed by atoms with Crippen LogP contribution in [0, 0.1) is 6.92 Å². The summed E-state index contributed by atoms with van der Waals surface area (Å²) < 4.78 is 0. The van der Waals surface area contributed by atoms with Crippen molar-refractivity contribution in [2.24, 2.45) is 0 Å². The van der Waals surface area contributed by atoms with Gasteiger partial charge in [0.05, 0.1) is 0 Å². The molecule has 1 atom stereocenters. The molecule has 0 amide bonds. The summed E-state index contributed by atoms with van der Waals surface area (Å²) in [4.78, 5) is 8.53. The zero-order chi connectivity index (χ0) is 12.7. The van der Waals surface area contributed by atoms with Crippen LogP contribution in [0.15, 0.2) is 6.33 Å². The fourth-order valence-electron chi connectivity index (χ4n) is 1.54. The molecule has 96 valence electrons. The lowest BCUT2D eigenvalue weighted by molar-refractivity contribution is 0.764. The minimum absolute atomic E-state index is 0.436. The number of rotatable bonds is 7. The monoisotopic (exact) mass is 254 g/mol. The third-order valence-corrected chi connectivity index (χ3v) is 3.21. The van der Waals surface area contributed by atoms with Crippen LogP contribution in [0.4, 0.5) is 11.6 Å². The Bertz CT molecular complexity index is 343. The van der Waals surface area contributed by atoms with Crippen molar-refractivity contribution in [2.45, 2.75) is 33.2 Å². The number of nitrogens with zero attached hydrogens (tertiary/aromatic N) is 2. The highest BCUT2D eigenvalue weighted by Gasteiger charge is 2.08. The van der Waals surface area contributed by atoms with E-state index in [1.807, 2.05) is 18.7 Å². The first kappa shape index (κ1) is 14.1. The summed E-state index contributed by atoms with van der Waals surface area (Å²) in [5, 5.41) is 6.68. The summed E-state index contributed by atoms with van der Waals surface area (Å²) in [6.07, 6.45) is 4.88. The Morgan fingerprint density at radius 2 is 2.06 bits per heavy atom. The largest absolute Gasteiger partial charge is 0.370 e. The Kier molecular flexibility index (Phi) is 6.11. The van der Waals surface area contributed by atoms with Crippen molar-refractivity contribution in [3.8, 4) is 0 Å². The quantitative estimate of drug-likeness (QED) is 0.783. The molecule has 1 aromatic rings. The van der Waals surface area contributed by atoms with Gasteiger partial charge in [0, 0.05) is 18.2 Å². The van der Waals surface area contributed by atoms with Crippen LogP contribution in [-0.2, 0) is 0 Å². The number of thioether (sulfide) groups is 1. The molecule has 0 aromatic carbocycles. The van der Waals surface area contributed by atoms with Gasteiger partial charge < -0.3 is 10.6 Å².